The smallest absolute Gasteiger partial charge is 0.232 e. The van der Waals surface area contributed by atoms with Gasteiger partial charge in [-0.2, -0.15) is 0 Å². The minimum Gasteiger partial charge on any atom is -0.296 e. The molecule has 0 atom stereocenters. The molecule has 1 rings (SSSR count). The predicted molar refractivity (Wildman–Crippen MR) is 82.0 cm³/mol. The molecular formula is C14H21ClN2O2S. The normalized spacial score (nSPS) is 10.5. The summed E-state index contributed by atoms with van der Waals surface area (Å²) in [5.74, 6) is -0.519. The van der Waals surface area contributed by atoms with Crippen molar-refractivity contribution in [3.8, 4) is 0 Å². The van der Waals surface area contributed by atoms with E-state index in [1.165, 1.54) is 30.6 Å². The lowest BCUT2D eigenvalue weighted by Gasteiger charge is -2.03. The van der Waals surface area contributed by atoms with Gasteiger partial charge in [0.1, 0.15) is 0 Å². The number of nitrogens with one attached hydrogen (secondary N) is 1. The van der Waals surface area contributed by atoms with Gasteiger partial charge >= 0.3 is 0 Å². The molecule has 0 saturated heterocycles. The number of thiazole rings is 1. The molecule has 1 heterocycles. The Kier molecular flexibility index (Phi) is 8.46. The first-order chi connectivity index (χ1) is 9.61. The van der Waals surface area contributed by atoms with E-state index >= 15 is 0 Å². The molecule has 1 aromatic rings. The summed E-state index contributed by atoms with van der Waals surface area (Å²) in [6, 6.07) is 0. The van der Waals surface area contributed by atoms with E-state index in [-0.39, 0.29) is 18.2 Å². The standard InChI is InChI=1S/C14H21ClN2O2S/c1-2-3-4-5-6-7-8-12(18)17-13(19)9-11-10-20-14(15)16-11/h10H,2-9H2,1H3,(H,17,18,19). The minimum atomic E-state index is -0.317. The van der Waals surface area contributed by atoms with Crippen molar-refractivity contribution in [2.45, 2.75) is 58.3 Å². The number of hydrogen-bond acceptors (Lipinski definition) is 4. The summed E-state index contributed by atoms with van der Waals surface area (Å²) in [4.78, 5) is 27.1. The van der Waals surface area contributed by atoms with Crippen LogP contribution in [0.3, 0.4) is 0 Å². The number of rotatable bonds is 9. The van der Waals surface area contributed by atoms with Crippen LogP contribution >= 0.6 is 22.9 Å². The van der Waals surface area contributed by atoms with Crippen molar-refractivity contribution >= 4 is 34.8 Å². The first-order valence-corrected chi connectivity index (χ1v) is 8.30. The molecule has 1 N–H and O–H groups in total. The second-order valence-electron chi connectivity index (χ2n) is 4.76. The third-order valence-electron chi connectivity index (χ3n) is 2.90. The molecule has 0 aliphatic rings. The number of aromatic nitrogens is 1. The maximum Gasteiger partial charge on any atom is 0.232 e. The van der Waals surface area contributed by atoms with E-state index in [9.17, 15) is 9.59 Å². The fourth-order valence-electron chi connectivity index (χ4n) is 1.86. The van der Waals surface area contributed by atoms with Crippen LogP contribution in [0.15, 0.2) is 5.38 Å². The summed E-state index contributed by atoms with van der Waals surface area (Å²) in [6.45, 7) is 2.18. The van der Waals surface area contributed by atoms with Gasteiger partial charge in [-0.15, -0.1) is 11.3 Å². The highest BCUT2D eigenvalue weighted by Gasteiger charge is 2.10. The van der Waals surface area contributed by atoms with Crippen molar-refractivity contribution in [2.24, 2.45) is 0 Å². The molecule has 0 aliphatic carbocycles. The molecule has 0 saturated carbocycles. The molecular weight excluding hydrogens is 296 g/mol. The van der Waals surface area contributed by atoms with Gasteiger partial charge in [0.2, 0.25) is 11.8 Å². The zero-order valence-corrected chi connectivity index (χ0v) is 13.4. The van der Waals surface area contributed by atoms with Gasteiger partial charge in [-0.25, -0.2) is 4.98 Å². The van der Waals surface area contributed by atoms with Crippen molar-refractivity contribution in [1.29, 1.82) is 0 Å². The fraction of sp³-hybridized carbons (Fsp3) is 0.643. The molecule has 2 amide bonds. The molecule has 0 aliphatic heterocycles. The van der Waals surface area contributed by atoms with Crippen LogP contribution in [0.25, 0.3) is 0 Å². The van der Waals surface area contributed by atoms with Crippen molar-refractivity contribution in [3.05, 3.63) is 15.5 Å². The van der Waals surface area contributed by atoms with E-state index in [0.717, 1.165) is 19.3 Å². The monoisotopic (exact) mass is 316 g/mol. The maximum atomic E-state index is 11.6. The Morgan fingerprint density at radius 1 is 1.20 bits per heavy atom. The van der Waals surface area contributed by atoms with Gasteiger partial charge in [0.25, 0.3) is 0 Å². The molecule has 0 fully saturated rings. The van der Waals surface area contributed by atoms with Gasteiger partial charge < -0.3 is 0 Å². The van der Waals surface area contributed by atoms with Crippen LogP contribution in [0.1, 0.15) is 57.6 Å². The summed E-state index contributed by atoms with van der Waals surface area (Å²) in [7, 11) is 0. The molecule has 0 radical (unpaired) electrons. The Balaban J connectivity index is 2.10. The van der Waals surface area contributed by atoms with E-state index in [1.807, 2.05) is 0 Å². The van der Waals surface area contributed by atoms with Gasteiger partial charge in [0.15, 0.2) is 4.47 Å². The Morgan fingerprint density at radius 2 is 1.90 bits per heavy atom. The number of imide groups is 1. The largest absolute Gasteiger partial charge is 0.296 e. The maximum absolute atomic E-state index is 11.6. The van der Waals surface area contributed by atoms with Crippen molar-refractivity contribution in [3.63, 3.8) is 0 Å². The number of unbranched alkanes of at least 4 members (excludes halogenated alkanes) is 5. The van der Waals surface area contributed by atoms with E-state index in [2.05, 4.69) is 17.2 Å². The summed E-state index contributed by atoms with van der Waals surface area (Å²) < 4.78 is 0.409. The molecule has 1 aromatic heterocycles. The van der Waals surface area contributed by atoms with Crippen molar-refractivity contribution in [1.82, 2.24) is 10.3 Å². The lowest BCUT2D eigenvalue weighted by atomic mass is 10.1. The average molecular weight is 317 g/mol. The van der Waals surface area contributed by atoms with E-state index in [0.29, 0.717) is 16.6 Å². The quantitative estimate of drug-likeness (QED) is 0.706. The van der Waals surface area contributed by atoms with E-state index < -0.39 is 0 Å². The van der Waals surface area contributed by atoms with E-state index in [1.54, 1.807) is 5.38 Å². The van der Waals surface area contributed by atoms with Gasteiger partial charge in [0, 0.05) is 11.8 Å². The van der Waals surface area contributed by atoms with Crippen molar-refractivity contribution < 1.29 is 9.59 Å². The van der Waals surface area contributed by atoms with Crippen LogP contribution in [-0.2, 0) is 16.0 Å². The Hall–Kier alpha value is -0.940. The molecule has 0 aromatic carbocycles. The highest BCUT2D eigenvalue weighted by Crippen LogP contribution is 2.15. The zero-order chi connectivity index (χ0) is 14.8. The Labute approximate surface area is 128 Å². The Bertz CT molecular complexity index is 435. The number of nitrogens with zero attached hydrogens (tertiary/aromatic N) is 1. The number of carbonyl (C=O) groups is 2. The minimum absolute atomic E-state index is 0.103. The second-order valence-corrected chi connectivity index (χ2v) is 6.20. The summed E-state index contributed by atoms with van der Waals surface area (Å²) in [5, 5.41) is 4.11. The highest BCUT2D eigenvalue weighted by atomic mass is 35.5. The molecule has 0 bridgehead atoms. The van der Waals surface area contributed by atoms with Crippen LogP contribution in [0.5, 0.6) is 0 Å². The summed E-state index contributed by atoms with van der Waals surface area (Å²) in [6.07, 6.45) is 7.25. The summed E-state index contributed by atoms with van der Waals surface area (Å²) >= 11 is 6.96. The van der Waals surface area contributed by atoms with Crippen LogP contribution in [0, 0.1) is 0 Å². The second kappa shape index (κ2) is 9.88. The van der Waals surface area contributed by atoms with Crippen LogP contribution < -0.4 is 5.32 Å². The Morgan fingerprint density at radius 3 is 2.55 bits per heavy atom. The first kappa shape index (κ1) is 17.1. The molecule has 4 nitrogen and oxygen atoms in total. The highest BCUT2D eigenvalue weighted by molar-refractivity contribution is 7.13. The first-order valence-electron chi connectivity index (χ1n) is 7.04. The molecule has 0 spiro atoms. The number of amides is 2. The van der Waals surface area contributed by atoms with Crippen molar-refractivity contribution in [2.75, 3.05) is 0 Å². The number of halogens is 1. The third-order valence-corrected chi connectivity index (χ3v) is 3.93. The topological polar surface area (TPSA) is 59.1 Å². The number of hydrogen-bond donors (Lipinski definition) is 1. The molecule has 0 unspecified atom stereocenters. The lowest BCUT2D eigenvalue weighted by molar-refractivity contribution is -0.130. The van der Waals surface area contributed by atoms with Gasteiger partial charge in [0.05, 0.1) is 12.1 Å². The zero-order valence-electron chi connectivity index (χ0n) is 11.8. The fourth-order valence-corrected chi connectivity index (χ4v) is 2.64. The third kappa shape index (κ3) is 7.60. The lowest BCUT2D eigenvalue weighted by Crippen LogP contribution is -2.31. The molecule has 20 heavy (non-hydrogen) atoms. The van der Waals surface area contributed by atoms with Gasteiger partial charge in [-0.05, 0) is 6.42 Å². The van der Waals surface area contributed by atoms with Gasteiger partial charge in [-0.1, -0.05) is 50.6 Å². The summed E-state index contributed by atoms with van der Waals surface area (Å²) in [5.41, 5.74) is 0.602. The molecule has 6 heteroatoms. The van der Waals surface area contributed by atoms with Crippen LogP contribution in [0.4, 0.5) is 0 Å². The number of carbonyl (C=O) groups excluding carboxylic acids is 2. The molecule has 112 valence electrons. The van der Waals surface area contributed by atoms with E-state index in [4.69, 9.17) is 11.6 Å². The predicted octanol–water partition coefficient (Wildman–Crippen LogP) is 3.73. The van der Waals surface area contributed by atoms with Crippen LogP contribution in [-0.4, -0.2) is 16.8 Å². The SMILES string of the molecule is CCCCCCCCC(=O)NC(=O)Cc1csc(Cl)n1. The van der Waals surface area contributed by atoms with Gasteiger partial charge in [-0.3, -0.25) is 14.9 Å². The average Bonchev–Trinajstić information content (AvgIpc) is 2.78. The van der Waals surface area contributed by atoms with Crippen LogP contribution in [0.2, 0.25) is 4.47 Å².